The molecule has 4 nitrogen and oxygen atoms in total. The number of nitrogens with zero attached hydrogens (tertiary/aromatic N) is 2. The van der Waals surface area contributed by atoms with Crippen LogP contribution in [0.15, 0.2) is 65.4 Å². The molecule has 0 bridgehead atoms. The molecule has 5 heteroatoms. The van der Waals surface area contributed by atoms with Crippen molar-refractivity contribution in [3.8, 4) is 0 Å². The molecule has 136 valence electrons. The Kier molecular flexibility index (Phi) is 4.54. The first-order valence-corrected chi connectivity index (χ1v) is 9.79. The van der Waals surface area contributed by atoms with Crippen LogP contribution in [0.1, 0.15) is 22.7 Å². The van der Waals surface area contributed by atoms with Gasteiger partial charge in [0.15, 0.2) is 0 Å². The third kappa shape index (κ3) is 3.04. The Bertz CT molecular complexity index is 963. The van der Waals surface area contributed by atoms with Gasteiger partial charge in [0.25, 0.3) is 5.91 Å². The van der Waals surface area contributed by atoms with Gasteiger partial charge in [0.05, 0.1) is 5.69 Å². The van der Waals surface area contributed by atoms with E-state index in [0.717, 1.165) is 28.1 Å². The highest BCUT2D eigenvalue weighted by Crippen LogP contribution is 2.37. The summed E-state index contributed by atoms with van der Waals surface area (Å²) in [6.45, 7) is 3.99. The molecular formula is C22H20N2O2S. The second kappa shape index (κ2) is 7.00. The van der Waals surface area contributed by atoms with Crippen LogP contribution in [-0.4, -0.2) is 18.4 Å². The van der Waals surface area contributed by atoms with Crippen LogP contribution in [0.3, 0.4) is 0 Å². The molecule has 2 amide bonds. The van der Waals surface area contributed by atoms with E-state index >= 15 is 0 Å². The number of benzene rings is 2. The molecule has 3 aromatic rings. The smallest absolute Gasteiger partial charge is 0.255 e. The summed E-state index contributed by atoms with van der Waals surface area (Å²) < 4.78 is 0. The zero-order valence-electron chi connectivity index (χ0n) is 15.3. The first-order valence-electron chi connectivity index (χ1n) is 8.84. The molecule has 0 aliphatic carbocycles. The van der Waals surface area contributed by atoms with Gasteiger partial charge >= 0.3 is 0 Å². The Hall–Kier alpha value is -2.92. The quantitative estimate of drug-likeness (QED) is 0.676. The Morgan fingerprint density at radius 3 is 2.26 bits per heavy atom. The fourth-order valence-electron chi connectivity index (χ4n) is 3.72. The topological polar surface area (TPSA) is 40.6 Å². The number of hydrogen-bond acceptors (Lipinski definition) is 3. The molecular weight excluding hydrogens is 356 g/mol. The van der Waals surface area contributed by atoms with Crippen molar-refractivity contribution in [2.75, 3.05) is 16.3 Å². The molecule has 2 heterocycles. The first-order chi connectivity index (χ1) is 13.1. The summed E-state index contributed by atoms with van der Waals surface area (Å²) in [5, 5.41) is 3.88. The van der Waals surface area contributed by atoms with Crippen LogP contribution in [0.2, 0.25) is 0 Å². The van der Waals surface area contributed by atoms with Crippen molar-refractivity contribution in [2.24, 2.45) is 0 Å². The average molecular weight is 376 g/mol. The van der Waals surface area contributed by atoms with Gasteiger partial charge in [-0.2, -0.15) is 11.3 Å². The van der Waals surface area contributed by atoms with E-state index in [-0.39, 0.29) is 18.4 Å². The molecule has 0 spiro atoms. The van der Waals surface area contributed by atoms with Gasteiger partial charge < -0.3 is 4.90 Å². The van der Waals surface area contributed by atoms with Crippen molar-refractivity contribution in [1.82, 2.24) is 0 Å². The predicted octanol–water partition coefficient (Wildman–Crippen LogP) is 4.49. The fourth-order valence-corrected chi connectivity index (χ4v) is 4.39. The maximum Gasteiger partial charge on any atom is 0.255 e. The van der Waals surface area contributed by atoms with Crippen molar-refractivity contribution < 1.29 is 9.59 Å². The second-order valence-corrected chi connectivity index (χ2v) is 7.50. The van der Waals surface area contributed by atoms with E-state index in [1.54, 1.807) is 9.80 Å². The molecule has 0 unspecified atom stereocenters. The summed E-state index contributed by atoms with van der Waals surface area (Å²) in [5.74, 6) is -0.158. The van der Waals surface area contributed by atoms with Gasteiger partial charge in [0, 0.05) is 5.69 Å². The molecule has 4 rings (SSSR count). The van der Waals surface area contributed by atoms with Crippen molar-refractivity contribution in [1.29, 1.82) is 0 Å². The lowest BCUT2D eigenvalue weighted by atomic mass is 10.00. The van der Waals surface area contributed by atoms with E-state index in [2.05, 4.69) is 0 Å². The number of para-hydroxylation sites is 2. The summed E-state index contributed by atoms with van der Waals surface area (Å²) in [5.41, 5.74) is 4.41. The molecule has 0 radical (unpaired) electrons. The Morgan fingerprint density at radius 2 is 1.63 bits per heavy atom. The van der Waals surface area contributed by atoms with Gasteiger partial charge in [0.2, 0.25) is 5.91 Å². The lowest BCUT2D eigenvalue weighted by Crippen LogP contribution is -2.56. The minimum absolute atomic E-state index is 0.0417. The number of carbonyl (C=O) groups is 2. The third-order valence-electron chi connectivity index (χ3n) is 4.92. The van der Waals surface area contributed by atoms with Gasteiger partial charge in [0.1, 0.15) is 12.6 Å². The minimum atomic E-state index is -0.654. The van der Waals surface area contributed by atoms with Crippen LogP contribution in [0, 0.1) is 13.8 Å². The Labute approximate surface area is 162 Å². The standard InChI is InChI=1S/C22H20N2O2S/c1-15-7-6-8-16(2)20(15)23-13-19(25)24(18-9-4-3-5-10-18)21(22(23)26)17-11-12-27-14-17/h3-12,14,21H,13H2,1-2H3/t21-/m0/s1. The zero-order valence-corrected chi connectivity index (χ0v) is 16.1. The van der Waals surface area contributed by atoms with Gasteiger partial charge in [-0.05, 0) is 59.5 Å². The fraction of sp³-hybridized carbons (Fsp3) is 0.182. The summed E-state index contributed by atoms with van der Waals surface area (Å²) in [4.78, 5) is 30.1. The number of thiophene rings is 1. The lowest BCUT2D eigenvalue weighted by molar-refractivity contribution is -0.128. The highest BCUT2D eigenvalue weighted by atomic mass is 32.1. The number of anilines is 2. The molecule has 1 atom stereocenters. The molecule has 2 aromatic carbocycles. The van der Waals surface area contributed by atoms with Crippen molar-refractivity contribution in [3.05, 3.63) is 82.0 Å². The van der Waals surface area contributed by atoms with Gasteiger partial charge in [-0.1, -0.05) is 36.4 Å². The van der Waals surface area contributed by atoms with Crippen molar-refractivity contribution >= 4 is 34.5 Å². The van der Waals surface area contributed by atoms with Crippen LogP contribution in [0.5, 0.6) is 0 Å². The average Bonchev–Trinajstić information content (AvgIpc) is 3.18. The molecule has 0 saturated carbocycles. The summed E-state index contributed by atoms with van der Waals surface area (Å²) >= 11 is 1.53. The molecule has 1 aromatic heterocycles. The Balaban J connectivity index is 1.83. The van der Waals surface area contributed by atoms with Gasteiger partial charge in [-0.15, -0.1) is 0 Å². The number of amides is 2. The summed E-state index contributed by atoms with van der Waals surface area (Å²) in [7, 11) is 0. The van der Waals surface area contributed by atoms with Gasteiger partial charge in [-0.25, -0.2) is 0 Å². The third-order valence-corrected chi connectivity index (χ3v) is 5.62. The van der Waals surface area contributed by atoms with E-state index in [1.807, 2.05) is 79.2 Å². The molecule has 1 aliphatic rings. The molecule has 27 heavy (non-hydrogen) atoms. The van der Waals surface area contributed by atoms with Gasteiger partial charge in [-0.3, -0.25) is 14.5 Å². The minimum Gasteiger partial charge on any atom is -0.300 e. The van der Waals surface area contributed by atoms with E-state index in [4.69, 9.17) is 0 Å². The monoisotopic (exact) mass is 376 g/mol. The SMILES string of the molecule is Cc1cccc(C)c1N1CC(=O)N(c2ccccc2)[C@@H](c2ccsc2)C1=O. The number of aryl methyl sites for hydroxylation is 2. The Morgan fingerprint density at radius 1 is 0.926 bits per heavy atom. The van der Waals surface area contributed by atoms with E-state index in [9.17, 15) is 9.59 Å². The van der Waals surface area contributed by atoms with Crippen molar-refractivity contribution in [2.45, 2.75) is 19.9 Å². The van der Waals surface area contributed by atoms with Crippen LogP contribution < -0.4 is 9.80 Å². The highest BCUT2D eigenvalue weighted by Gasteiger charge is 2.42. The number of piperazine rings is 1. The van der Waals surface area contributed by atoms with Crippen LogP contribution in [0.4, 0.5) is 11.4 Å². The van der Waals surface area contributed by atoms with E-state index in [0.29, 0.717) is 0 Å². The number of hydrogen-bond donors (Lipinski definition) is 0. The molecule has 0 N–H and O–H groups in total. The maximum absolute atomic E-state index is 13.6. The molecule has 1 saturated heterocycles. The van der Waals surface area contributed by atoms with Crippen LogP contribution in [0.25, 0.3) is 0 Å². The van der Waals surface area contributed by atoms with Crippen molar-refractivity contribution in [3.63, 3.8) is 0 Å². The largest absolute Gasteiger partial charge is 0.300 e. The second-order valence-electron chi connectivity index (χ2n) is 6.72. The number of rotatable bonds is 3. The number of carbonyl (C=O) groups excluding carboxylic acids is 2. The van der Waals surface area contributed by atoms with Crippen LogP contribution in [-0.2, 0) is 9.59 Å². The lowest BCUT2D eigenvalue weighted by Gasteiger charge is -2.41. The van der Waals surface area contributed by atoms with E-state index < -0.39 is 6.04 Å². The zero-order chi connectivity index (χ0) is 19.0. The van der Waals surface area contributed by atoms with Crippen LogP contribution >= 0.6 is 11.3 Å². The normalized spacial score (nSPS) is 17.5. The highest BCUT2D eigenvalue weighted by molar-refractivity contribution is 7.08. The first kappa shape index (κ1) is 17.5. The molecule has 1 fully saturated rings. The molecule has 1 aliphatic heterocycles. The summed E-state index contributed by atoms with van der Waals surface area (Å²) in [6.07, 6.45) is 0. The summed E-state index contributed by atoms with van der Waals surface area (Å²) in [6, 6.07) is 16.6. The maximum atomic E-state index is 13.6. The predicted molar refractivity (Wildman–Crippen MR) is 109 cm³/mol. The van der Waals surface area contributed by atoms with E-state index in [1.165, 1.54) is 11.3 Å².